The summed E-state index contributed by atoms with van der Waals surface area (Å²) >= 11 is 0. The van der Waals surface area contributed by atoms with Crippen molar-refractivity contribution >= 4 is 5.91 Å². The Labute approximate surface area is 361 Å². The molecule has 7 unspecified atom stereocenters. The first-order valence-corrected chi connectivity index (χ1v) is 24.7. The van der Waals surface area contributed by atoms with Crippen molar-refractivity contribution in [3.8, 4) is 0 Å². The third-order valence-electron chi connectivity index (χ3n) is 11.7. The fourth-order valence-corrected chi connectivity index (χ4v) is 7.72. The van der Waals surface area contributed by atoms with E-state index in [-0.39, 0.29) is 12.5 Å². The number of carbonyl (C=O) groups is 1. The summed E-state index contributed by atoms with van der Waals surface area (Å²) in [6.07, 6.45) is 43.3. The Morgan fingerprint density at radius 2 is 0.966 bits per heavy atom. The maximum atomic E-state index is 13.0. The van der Waals surface area contributed by atoms with Gasteiger partial charge in [0.05, 0.1) is 25.4 Å². The van der Waals surface area contributed by atoms with E-state index in [4.69, 9.17) is 9.47 Å². The number of unbranched alkanes of at least 4 members (excludes halogenated alkanes) is 27. The summed E-state index contributed by atoms with van der Waals surface area (Å²) in [6.45, 7) is 3.76. The second-order valence-corrected chi connectivity index (χ2v) is 17.2. The summed E-state index contributed by atoms with van der Waals surface area (Å²) in [6, 6.07) is -0.824. The average molecular weight is 836 g/mol. The summed E-state index contributed by atoms with van der Waals surface area (Å²) < 4.78 is 11.2. The fraction of sp³-hybridized carbons (Fsp3) is 0.860. The molecule has 9 nitrogen and oxygen atoms in total. The highest BCUT2D eigenvalue weighted by Crippen LogP contribution is 2.23. The molecule has 0 aromatic heterocycles. The predicted molar refractivity (Wildman–Crippen MR) is 244 cm³/mol. The molecule has 0 aromatic rings. The van der Waals surface area contributed by atoms with E-state index in [9.17, 15) is 30.3 Å². The van der Waals surface area contributed by atoms with Crippen LogP contribution in [0.3, 0.4) is 0 Å². The number of ether oxygens (including phenoxy) is 2. The Hall–Kier alpha value is -1.59. The van der Waals surface area contributed by atoms with Crippen LogP contribution >= 0.6 is 0 Å². The van der Waals surface area contributed by atoms with Crippen molar-refractivity contribution in [1.29, 1.82) is 0 Å². The van der Waals surface area contributed by atoms with Crippen LogP contribution in [-0.2, 0) is 14.3 Å². The maximum Gasteiger partial charge on any atom is 0.220 e. The number of hydrogen-bond acceptors (Lipinski definition) is 8. The average Bonchev–Trinajstić information content (AvgIpc) is 3.23. The van der Waals surface area contributed by atoms with Crippen molar-refractivity contribution in [2.75, 3.05) is 13.2 Å². The van der Waals surface area contributed by atoms with E-state index < -0.39 is 49.5 Å². The molecule has 346 valence electrons. The normalized spacial score (nSPS) is 21.0. The second-order valence-electron chi connectivity index (χ2n) is 17.2. The van der Waals surface area contributed by atoms with Crippen molar-refractivity contribution < 1.29 is 39.8 Å². The number of aliphatic hydroxyl groups is 5. The van der Waals surface area contributed by atoms with Crippen LogP contribution in [0.4, 0.5) is 0 Å². The highest BCUT2D eigenvalue weighted by molar-refractivity contribution is 5.76. The fourth-order valence-electron chi connectivity index (χ4n) is 7.72. The van der Waals surface area contributed by atoms with Gasteiger partial charge < -0.3 is 40.3 Å². The van der Waals surface area contributed by atoms with Gasteiger partial charge in [-0.05, 0) is 44.9 Å². The Kier molecular flexibility index (Phi) is 38.0. The van der Waals surface area contributed by atoms with E-state index >= 15 is 0 Å². The Morgan fingerprint density at radius 3 is 1.42 bits per heavy atom. The predicted octanol–water partition coefficient (Wildman–Crippen LogP) is 10.8. The van der Waals surface area contributed by atoms with Crippen LogP contribution < -0.4 is 5.32 Å². The van der Waals surface area contributed by atoms with Gasteiger partial charge in [0.2, 0.25) is 5.91 Å². The van der Waals surface area contributed by atoms with Gasteiger partial charge in [-0.2, -0.15) is 0 Å². The number of hydrogen-bond donors (Lipinski definition) is 6. The van der Waals surface area contributed by atoms with Crippen molar-refractivity contribution in [2.24, 2.45) is 0 Å². The van der Waals surface area contributed by atoms with Gasteiger partial charge in [-0.3, -0.25) is 4.79 Å². The molecule has 1 fully saturated rings. The Bertz CT molecular complexity index is 1020. The van der Waals surface area contributed by atoms with Crippen LogP contribution in [-0.4, -0.2) is 87.5 Å². The lowest BCUT2D eigenvalue weighted by atomic mass is 9.99. The molecule has 1 heterocycles. The SMILES string of the molecule is CCCCCCCCC/C=C/CC/C=C/CC/C=C/C(O)C(COC1OC(CO)C(O)C(O)C1O)NC(=O)CCCCCCCCCCCCCCCCCCCCC. The van der Waals surface area contributed by atoms with Gasteiger partial charge in [-0.1, -0.05) is 204 Å². The first kappa shape index (κ1) is 55.4. The molecule has 1 rings (SSSR count). The van der Waals surface area contributed by atoms with Gasteiger partial charge in [-0.25, -0.2) is 0 Å². The molecule has 59 heavy (non-hydrogen) atoms. The molecule has 0 saturated carbocycles. The minimum atomic E-state index is -1.57. The molecule has 1 aliphatic rings. The molecular formula is C50H93NO8. The Morgan fingerprint density at radius 1 is 0.559 bits per heavy atom. The zero-order valence-corrected chi connectivity index (χ0v) is 38.0. The largest absolute Gasteiger partial charge is 0.394 e. The van der Waals surface area contributed by atoms with Crippen LogP contribution in [0, 0.1) is 0 Å². The molecule has 0 aliphatic carbocycles. The highest BCUT2D eigenvalue weighted by atomic mass is 16.7. The van der Waals surface area contributed by atoms with Gasteiger partial charge in [0.15, 0.2) is 6.29 Å². The molecule has 0 spiro atoms. The standard InChI is InChI=1S/C50H93NO8/c1-3-5-7-9-11-13-15-17-19-21-22-24-26-28-30-32-34-36-38-40-46(54)51-43(42-58-50-49(57)48(56)47(55)45(41-52)59-50)44(53)39-37-35-33-31-29-27-25-23-20-18-16-14-12-10-8-6-4-2/h20,23,29,31,37,39,43-45,47-50,52-53,55-57H,3-19,21-22,24-28,30,32-36,38,40-42H2,1-2H3,(H,51,54)/b23-20+,31-29+,39-37+. The number of carbonyl (C=O) groups excluding carboxylic acids is 1. The topological polar surface area (TPSA) is 149 Å². The summed E-state index contributed by atoms with van der Waals surface area (Å²) in [5, 5.41) is 54.2. The summed E-state index contributed by atoms with van der Waals surface area (Å²) in [4.78, 5) is 13.0. The van der Waals surface area contributed by atoms with Gasteiger partial charge >= 0.3 is 0 Å². The number of allylic oxidation sites excluding steroid dienone is 5. The number of rotatable bonds is 41. The van der Waals surface area contributed by atoms with Crippen LogP contribution in [0.15, 0.2) is 36.5 Å². The smallest absolute Gasteiger partial charge is 0.220 e. The van der Waals surface area contributed by atoms with Crippen molar-refractivity contribution in [3.05, 3.63) is 36.5 Å². The molecule has 0 radical (unpaired) electrons. The van der Waals surface area contributed by atoms with Crippen LogP contribution in [0.5, 0.6) is 0 Å². The molecule has 1 aliphatic heterocycles. The van der Waals surface area contributed by atoms with Gasteiger partial charge in [0, 0.05) is 6.42 Å². The summed E-state index contributed by atoms with van der Waals surface area (Å²) in [5.41, 5.74) is 0. The van der Waals surface area contributed by atoms with E-state index in [0.29, 0.717) is 6.42 Å². The quantitative estimate of drug-likeness (QED) is 0.0263. The maximum absolute atomic E-state index is 13.0. The zero-order valence-electron chi connectivity index (χ0n) is 38.0. The molecule has 1 saturated heterocycles. The monoisotopic (exact) mass is 836 g/mol. The number of nitrogens with one attached hydrogen (secondary N) is 1. The molecule has 0 bridgehead atoms. The molecule has 7 atom stereocenters. The zero-order chi connectivity index (χ0) is 43.0. The minimum absolute atomic E-state index is 0.189. The van der Waals surface area contributed by atoms with Crippen LogP contribution in [0.1, 0.15) is 219 Å². The molecule has 0 aromatic carbocycles. The van der Waals surface area contributed by atoms with Crippen molar-refractivity contribution in [3.63, 3.8) is 0 Å². The van der Waals surface area contributed by atoms with E-state index in [1.807, 2.05) is 6.08 Å². The van der Waals surface area contributed by atoms with E-state index in [1.54, 1.807) is 6.08 Å². The lowest BCUT2D eigenvalue weighted by Crippen LogP contribution is -2.60. The molecule has 6 N–H and O–H groups in total. The lowest BCUT2D eigenvalue weighted by Gasteiger charge is -2.40. The van der Waals surface area contributed by atoms with Crippen LogP contribution in [0.2, 0.25) is 0 Å². The van der Waals surface area contributed by atoms with Crippen LogP contribution in [0.25, 0.3) is 0 Å². The molecule has 1 amide bonds. The van der Waals surface area contributed by atoms with E-state index in [1.165, 1.54) is 154 Å². The van der Waals surface area contributed by atoms with Crippen molar-refractivity contribution in [1.82, 2.24) is 5.32 Å². The first-order chi connectivity index (χ1) is 28.8. The van der Waals surface area contributed by atoms with E-state index in [2.05, 4.69) is 43.5 Å². The van der Waals surface area contributed by atoms with E-state index in [0.717, 1.165) is 44.9 Å². The number of amides is 1. The minimum Gasteiger partial charge on any atom is -0.394 e. The van der Waals surface area contributed by atoms with Gasteiger partial charge in [-0.15, -0.1) is 0 Å². The second kappa shape index (κ2) is 40.5. The third-order valence-corrected chi connectivity index (χ3v) is 11.7. The summed E-state index contributed by atoms with van der Waals surface area (Å²) in [7, 11) is 0. The van der Waals surface area contributed by atoms with Crippen molar-refractivity contribution in [2.45, 2.75) is 262 Å². The number of aliphatic hydroxyl groups excluding tert-OH is 5. The first-order valence-electron chi connectivity index (χ1n) is 24.7. The summed E-state index contributed by atoms with van der Waals surface area (Å²) in [5.74, 6) is -0.189. The third kappa shape index (κ3) is 31.0. The Balaban J connectivity index is 2.34. The lowest BCUT2D eigenvalue weighted by molar-refractivity contribution is -0.302. The highest BCUT2D eigenvalue weighted by Gasteiger charge is 2.44. The molecular weight excluding hydrogens is 743 g/mol. The van der Waals surface area contributed by atoms with Gasteiger partial charge in [0.1, 0.15) is 24.4 Å². The van der Waals surface area contributed by atoms with Gasteiger partial charge in [0.25, 0.3) is 0 Å². The molecule has 9 heteroatoms.